The number of nitrogens with one attached hydrogen (secondary N) is 1. The van der Waals surface area contributed by atoms with E-state index in [1.165, 1.54) is 24.4 Å². The molecule has 0 unspecified atom stereocenters. The predicted molar refractivity (Wildman–Crippen MR) is 141 cm³/mol. The zero-order chi connectivity index (χ0) is 26.6. The number of benzene rings is 2. The normalized spacial score (nSPS) is 20.0. The Hall–Kier alpha value is -4.47. The van der Waals surface area contributed by atoms with Gasteiger partial charge in [-0.15, -0.1) is 0 Å². The predicted octanol–water partition coefficient (Wildman–Crippen LogP) is 4.07. The highest BCUT2D eigenvalue weighted by molar-refractivity contribution is 6.19. The van der Waals surface area contributed by atoms with E-state index in [0.717, 1.165) is 25.7 Å². The number of aromatic nitrogens is 2. The lowest BCUT2D eigenvalue weighted by molar-refractivity contribution is -0.131. The number of nitrogens with zero attached hydrogens (tertiary/aromatic N) is 3. The number of carbonyl (C=O) groups is 3. The topological polar surface area (TPSA) is 133 Å². The number of carboxylic acid groups (broad SMARTS) is 1. The molecule has 6 rings (SSSR count). The fourth-order valence-electron chi connectivity index (χ4n) is 6.07. The van der Waals surface area contributed by atoms with Crippen LogP contribution in [0.25, 0.3) is 21.8 Å². The number of hydrogen-bond donors (Lipinski definition) is 3. The van der Waals surface area contributed by atoms with Crippen LogP contribution in [0.5, 0.6) is 0 Å². The molecule has 0 saturated carbocycles. The number of amides is 2. The molecule has 2 fully saturated rings. The van der Waals surface area contributed by atoms with Gasteiger partial charge in [-0.3, -0.25) is 9.59 Å². The highest BCUT2D eigenvalue weighted by atomic mass is 19.1. The van der Waals surface area contributed by atoms with Gasteiger partial charge < -0.3 is 25.6 Å². The van der Waals surface area contributed by atoms with Gasteiger partial charge in [-0.25, -0.2) is 14.2 Å². The molecule has 2 aliphatic heterocycles. The number of primary amides is 1. The van der Waals surface area contributed by atoms with Gasteiger partial charge in [0, 0.05) is 42.4 Å². The minimum atomic E-state index is -1.06. The minimum Gasteiger partial charge on any atom is -0.478 e. The van der Waals surface area contributed by atoms with Crippen molar-refractivity contribution in [3.8, 4) is 0 Å². The van der Waals surface area contributed by atoms with E-state index >= 15 is 0 Å². The number of rotatable bonds is 4. The number of aromatic carboxylic acids is 1. The first-order chi connectivity index (χ1) is 18.3. The van der Waals surface area contributed by atoms with E-state index in [1.807, 2.05) is 0 Å². The van der Waals surface area contributed by atoms with Crippen LogP contribution < -0.4 is 15.5 Å². The molecule has 1 spiro atoms. The number of hydrogen-bond acceptors (Lipinski definition) is 5. The zero-order valence-corrected chi connectivity index (χ0v) is 20.5. The van der Waals surface area contributed by atoms with Crippen LogP contribution in [0.4, 0.5) is 15.9 Å². The zero-order valence-electron chi connectivity index (χ0n) is 20.5. The summed E-state index contributed by atoms with van der Waals surface area (Å²) in [5.41, 5.74) is 7.14. The van der Waals surface area contributed by atoms with Crippen LogP contribution >= 0.6 is 0 Å². The third-order valence-electron chi connectivity index (χ3n) is 7.87. The lowest BCUT2D eigenvalue weighted by Gasteiger charge is -2.47. The molecule has 2 saturated heterocycles. The van der Waals surface area contributed by atoms with Crippen molar-refractivity contribution in [3.63, 3.8) is 0 Å². The van der Waals surface area contributed by atoms with E-state index in [0.29, 0.717) is 52.9 Å². The lowest BCUT2D eigenvalue weighted by atomic mass is 9.72. The molecule has 2 aromatic carbocycles. The molecule has 4 N–H and O–H groups in total. The number of pyridine rings is 1. The molecule has 4 aromatic rings. The first-order valence-corrected chi connectivity index (χ1v) is 12.6. The molecule has 2 aliphatic rings. The Bertz CT molecular complexity index is 1610. The second-order valence-electron chi connectivity index (χ2n) is 10.1. The summed E-state index contributed by atoms with van der Waals surface area (Å²) >= 11 is 0. The monoisotopic (exact) mass is 515 g/mol. The summed E-state index contributed by atoms with van der Waals surface area (Å²) in [7, 11) is 0. The third-order valence-corrected chi connectivity index (χ3v) is 7.87. The maximum Gasteiger partial charge on any atom is 0.335 e. The van der Waals surface area contributed by atoms with Gasteiger partial charge in [0.2, 0.25) is 5.91 Å². The maximum atomic E-state index is 13.9. The molecule has 9 nitrogen and oxygen atoms in total. The fourth-order valence-corrected chi connectivity index (χ4v) is 6.07. The molecular weight excluding hydrogens is 489 g/mol. The summed E-state index contributed by atoms with van der Waals surface area (Å²) in [6, 6.07) is 10.7. The van der Waals surface area contributed by atoms with Crippen LogP contribution in [-0.2, 0) is 4.79 Å². The molecule has 4 heterocycles. The van der Waals surface area contributed by atoms with Gasteiger partial charge in [-0.1, -0.05) is 0 Å². The highest BCUT2D eigenvalue weighted by Crippen LogP contribution is 2.44. The number of anilines is 2. The average molecular weight is 516 g/mol. The Kier molecular flexibility index (Phi) is 5.55. The number of nitrogens with two attached hydrogens (primary N) is 1. The molecule has 0 aliphatic carbocycles. The van der Waals surface area contributed by atoms with Gasteiger partial charge in [0.25, 0.3) is 5.91 Å². The van der Waals surface area contributed by atoms with E-state index < -0.39 is 17.3 Å². The quantitative estimate of drug-likeness (QED) is 0.375. The first kappa shape index (κ1) is 23.9. The third kappa shape index (κ3) is 3.75. The van der Waals surface area contributed by atoms with E-state index in [9.17, 15) is 23.9 Å². The van der Waals surface area contributed by atoms with Crippen molar-refractivity contribution in [2.24, 2.45) is 11.1 Å². The molecule has 194 valence electrons. The van der Waals surface area contributed by atoms with Crippen LogP contribution in [0.15, 0.2) is 48.7 Å². The van der Waals surface area contributed by atoms with E-state index in [2.05, 4.69) is 14.9 Å². The van der Waals surface area contributed by atoms with Gasteiger partial charge in [-0.05, 0) is 68.1 Å². The van der Waals surface area contributed by atoms with Crippen molar-refractivity contribution in [2.45, 2.75) is 25.7 Å². The van der Waals surface area contributed by atoms with Crippen molar-refractivity contribution in [3.05, 3.63) is 65.6 Å². The van der Waals surface area contributed by atoms with Crippen molar-refractivity contribution in [1.82, 2.24) is 9.97 Å². The Morgan fingerprint density at radius 2 is 1.82 bits per heavy atom. The molecule has 2 amide bonds. The standard InChI is InChI=1S/C28H26FN5O4/c29-17-4-6-18(7-5-17)34-12-2-10-28(27(34)38)9-1-11-33(15-28)25-22-19-13-16(26(36)37)3-8-21(19)32-23(22)20(14-31-25)24(30)35/h3-8,13-14,32H,1-2,9-12,15H2,(H2,30,35)(H,36,37)/t28-/m1/s1. The number of carboxylic acids is 1. The van der Waals surface area contributed by atoms with Gasteiger partial charge >= 0.3 is 5.97 Å². The second kappa shape index (κ2) is 8.83. The van der Waals surface area contributed by atoms with Crippen molar-refractivity contribution < 1.29 is 23.9 Å². The van der Waals surface area contributed by atoms with Crippen LogP contribution in [0, 0.1) is 11.2 Å². The van der Waals surface area contributed by atoms with Crippen LogP contribution in [0.2, 0.25) is 0 Å². The SMILES string of the molecule is NC(=O)c1cnc(N2CCC[C@@]3(CCCN(c4ccc(F)cc4)C3=O)C2)c2c1[nH]c1ccc(C(=O)O)cc12. The summed E-state index contributed by atoms with van der Waals surface area (Å²) in [5.74, 6) is -1.48. The van der Waals surface area contributed by atoms with Crippen LogP contribution in [0.3, 0.4) is 0 Å². The Morgan fingerprint density at radius 3 is 2.53 bits per heavy atom. The number of H-pyrrole nitrogens is 1. The van der Waals surface area contributed by atoms with Crippen LogP contribution in [0.1, 0.15) is 46.4 Å². The van der Waals surface area contributed by atoms with E-state index in [4.69, 9.17) is 5.73 Å². The highest BCUT2D eigenvalue weighted by Gasteiger charge is 2.47. The fraction of sp³-hybridized carbons (Fsp3) is 0.286. The summed E-state index contributed by atoms with van der Waals surface area (Å²) in [4.78, 5) is 49.5. The number of fused-ring (bicyclic) bond motifs is 3. The average Bonchev–Trinajstić information content (AvgIpc) is 3.29. The largest absolute Gasteiger partial charge is 0.478 e. The lowest BCUT2D eigenvalue weighted by Crippen LogP contribution is -2.56. The minimum absolute atomic E-state index is 0.0112. The summed E-state index contributed by atoms with van der Waals surface area (Å²) in [5, 5.41) is 10.8. The number of carbonyl (C=O) groups excluding carboxylic acids is 2. The molecule has 38 heavy (non-hydrogen) atoms. The Morgan fingerprint density at radius 1 is 1.08 bits per heavy atom. The number of halogens is 1. The van der Waals surface area contributed by atoms with Gasteiger partial charge in [-0.2, -0.15) is 0 Å². The van der Waals surface area contributed by atoms with Gasteiger partial charge in [0.15, 0.2) is 0 Å². The van der Waals surface area contributed by atoms with Gasteiger partial charge in [0.05, 0.1) is 27.4 Å². The van der Waals surface area contributed by atoms with E-state index in [1.54, 1.807) is 29.2 Å². The molecule has 2 aromatic heterocycles. The smallest absolute Gasteiger partial charge is 0.335 e. The first-order valence-electron chi connectivity index (χ1n) is 12.6. The summed E-state index contributed by atoms with van der Waals surface area (Å²) in [6.45, 7) is 1.64. The molecular formula is C28H26FN5O4. The Balaban J connectivity index is 1.44. The number of piperidine rings is 2. The maximum absolute atomic E-state index is 13.9. The molecule has 0 radical (unpaired) electrons. The second-order valence-corrected chi connectivity index (χ2v) is 10.1. The van der Waals surface area contributed by atoms with Crippen molar-refractivity contribution in [2.75, 3.05) is 29.4 Å². The van der Waals surface area contributed by atoms with Crippen molar-refractivity contribution >= 4 is 51.1 Å². The Labute approximate surface area is 217 Å². The van der Waals surface area contributed by atoms with Crippen molar-refractivity contribution in [1.29, 1.82) is 0 Å². The number of aromatic amines is 1. The van der Waals surface area contributed by atoms with Gasteiger partial charge in [0.1, 0.15) is 11.6 Å². The van der Waals surface area contributed by atoms with Crippen LogP contribution in [-0.4, -0.2) is 52.5 Å². The molecule has 0 bridgehead atoms. The molecule has 1 atom stereocenters. The molecule has 10 heteroatoms. The summed E-state index contributed by atoms with van der Waals surface area (Å²) < 4.78 is 13.5. The van der Waals surface area contributed by atoms with E-state index in [-0.39, 0.29) is 22.9 Å². The summed E-state index contributed by atoms with van der Waals surface area (Å²) in [6.07, 6.45) is 4.45.